The van der Waals surface area contributed by atoms with E-state index in [0.717, 1.165) is 0 Å². The van der Waals surface area contributed by atoms with Gasteiger partial charge in [-0.1, -0.05) is 28.8 Å². The molecule has 0 radical (unpaired) electrons. The van der Waals surface area contributed by atoms with Gasteiger partial charge in [-0.05, 0) is 24.6 Å². The number of aromatic carboxylic acids is 1. The molecule has 0 heterocycles. The molecule has 0 aromatic heterocycles. The minimum atomic E-state index is -1.07. The highest BCUT2D eigenvalue weighted by Gasteiger charge is 2.10. The summed E-state index contributed by atoms with van der Waals surface area (Å²) in [5.41, 5.74) is 0.449. The standard InChI is InChI=1S/C13H13BrN2O3/c1-3-10(4-2)15-13(19)16-11-6-8(12(17)18)5-9(14)7-11/h1,5-7,10H,4H2,2H3,(H,17,18)(H2,15,16,19). The molecule has 0 saturated carbocycles. The van der Waals surface area contributed by atoms with Crippen LogP contribution >= 0.6 is 15.9 Å². The Morgan fingerprint density at radius 2 is 2.16 bits per heavy atom. The molecule has 0 bridgehead atoms. The van der Waals surface area contributed by atoms with Crippen LogP contribution in [0.1, 0.15) is 23.7 Å². The predicted octanol–water partition coefficient (Wildman–Crippen LogP) is 2.68. The number of carboxylic acids is 1. The van der Waals surface area contributed by atoms with Crippen molar-refractivity contribution in [2.24, 2.45) is 0 Å². The summed E-state index contributed by atoms with van der Waals surface area (Å²) >= 11 is 3.18. The summed E-state index contributed by atoms with van der Waals surface area (Å²) in [7, 11) is 0. The van der Waals surface area contributed by atoms with E-state index in [9.17, 15) is 9.59 Å². The van der Waals surface area contributed by atoms with Crippen LogP contribution in [0.25, 0.3) is 0 Å². The van der Waals surface area contributed by atoms with Crippen molar-refractivity contribution in [3.05, 3.63) is 28.2 Å². The van der Waals surface area contributed by atoms with E-state index in [1.54, 1.807) is 6.07 Å². The van der Waals surface area contributed by atoms with Gasteiger partial charge in [0, 0.05) is 10.2 Å². The Labute approximate surface area is 119 Å². The van der Waals surface area contributed by atoms with Crippen LogP contribution in [0.15, 0.2) is 22.7 Å². The molecule has 0 saturated heterocycles. The number of hydrogen-bond acceptors (Lipinski definition) is 2. The fourth-order valence-corrected chi connectivity index (χ4v) is 1.87. The summed E-state index contributed by atoms with van der Waals surface area (Å²) in [6.07, 6.45) is 5.85. The second kappa shape index (κ2) is 6.81. The minimum absolute atomic E-state index is 0.0775. The molecule has 5 nitrogen and oxygen atoms in total. The van der Waals surface area contributed by atoms with E-state index < -0.39 is 12.0 Å². The van der Waals surface area contributed by atoms with Crippen LogP contribution < -0.4 is 10.6 Å². The topological polar surface area (TPSA) is 78.4 Å². The molecule has 0 fully saturated rings. The first-order chi connectivity index (χ1) is 8.96. The van der Waals surface area contributed by atoms with E-state index in [4.69, 9.17) is 11.5 Å². The van der Waals surface area contributed by atoms with Gasteiger partial charge in [0.2, 0.25) is 0 Å². The molecule has 1 rings (SSSR count). The van der Waals surface area contributed by atoms with Gasteiger partial charge in [-0.3, -0.25) is 0 Å². The third kappa shape index (κ3) is 4.64. The van der Waals surface area contributed by atoms with Crippen molar-refractivity contribution in [1.82, 2.24) is 5.32 Å². The molecular formula is C13H13BrN2O3. The third-order valence-electron chi connectivity index (χ3n) is 2.32. The molecular weight excluding hydrogens is 312 g/mol. The number of carbonyl (C=O) groups is 2. The van der Waals surface area contributed by atoms with Gasteiger partial charge in [-0.15, -0.1) is 6.42 Å². The molecule has 2 amide bonds. The molecule has 3 N–H and O–H groups in total. The van der Waals surface area contributed by atoms with Gasteiger partial charge in [-0.2, -0.15) is 0 Å². The number of terminal acetylenes is 1. The molecule has 0 aliphatic rings. The lowest BCUT2D eigenvalue weighted by Gasteiger charge is -2.12. The largest absolute Gasteiger partial charge is 0.478 e. The fourth-order valence-electron chi connectivity index (χ4n) is 1.37. The van der Waals surface area contributed by atoms with Crippen molar-refractivity contribution in [1.29, 1.82) is 0 Å². The molecule has 0 spiro atoms. The molecule has 6 heteroatoms. The van der Waals surface area contributed by atoms with Gasteiger partial charge in [0.15, 0.2) is 0 Å². The maximum Gasteiger partial charge on any atom is 0.335 e. The number of halogens is 1. The second-order valence-electron chi connectivity index (χ2n) is 3.76. The minimum Gasteiger partial charge on any atom is -0.478 e. The van der Waals surface area contributed by atoms with Gasteiger partial charge in [0.25, 0.3) is 0 Å². The first kappa shape index (κ1) is 15.1. The fraction of sp³-hybridized carbons (Fsp3) is 0.231. The van der Waals surface area contributed by atoms with Crippen LogP contribution in [0.4, 0.5) is 10.5 Å². The zero-order valence-electron chi connectivity index (χ0n) is 10.2. The van der Waals surface area contributed by atoms with Crippen molar-refractivity contribution in [3.63, 3.8) is 0 Å². The lowest BCUT2D eigenvalue weighted by atomic mass is 10.2. The summed E-state index contributed by atoms with van der Waals surface area (Å²) in [5, 5.41) is 14.0. The van der Waals surface area contributed by atoms with Gasteiger partial charge in [-0.25, -0.2) is 9.59 Å². The average molecular weight is 325 g/mol. The number of anilines is 1. The highest BCUT2D eigenvalue weighted by atomic mass is 79.9. The van der Waals surface area contributed by atoms with E-state index in [0.29, 0.717) is 16.6 Å². The smallest absolute Gasteiger partial charge is 0.335 e. The van der Waals surface area contributed by atoms with Crippen LogP contribution in [0, 0.1) is 12.3 Å². The Kier molecular flexibility index (Phi) is 5.39. The third-order valence-corrected chi connectivity index (χ3v) is 2.78. The van der Waals surface area contributed by atoms with Crippen molar-refractivity contribution >= 4 is 33.6 Å². The first-order valence-electron chi connectivity index (χ1n) is 5.53. The van der Waals surface area contributed by atoms with Crippen LogP contribution in [-0.2, 0) is 0 Å². The van der Waals surface area contributed by atoms with E-state index in [1.807, 2.05) is 6.92 Å². The zero-order valence-corrected chi connectivity index (χ0v) is 11.8. The van der Waals surface area contributed by atoms with Crippen molar-refractivity contribution in [3.8, 4) is 12.3 Å². The van der Waals surface area contributed by atoms with E-state index in [-0.39, 0.29) is 11.6 Å². The number of carbonyl (C=O) groups excluding carboxylic acids is 1. The second-order valence-corrected chi connectivity index (χ2v) is 4.68. The lowest BCUT2D eigenvalue weighted by Crippen LogP contribution is -2.36. The summed E-state index contributed by atoms with van der Waals surface area (Å²) in [4.78, 5) is 22.5. The number of urea groups is 1. The predicted molar refractivity (Wildman–Crippen MR) is 76.2 cm³/mol. The molecule has 19 heavy (non-hydrogen) atoms. The van der Waals surface area contributed by atoms with E-state index >= 15 is 0 Å². The molecule has 100 valence electrons. The van der Waals surface area contributed by atoms with Crippen LogP contribution in [0.2, 0.25) is 0 Å². The lowest BCUT2D eigenvalue weighted by molar-refractivity contribution is 0.0697. The van der Waals surface area contributed by atoms with Gasteiger partial charge in [0.1, 0.15) is 0 Å². The van der Waals surface area contributed by atoms with Crippen molar-refractivity contribution < 1.29 is 14.7 Å². The average Bonchev–Trinajstić information content (AvgIpc) is 2.35. The number of benzene rings is 1. The molecule has 0 aliphatic carbocycles. The Balaban J connectivity index is 2.80. The number of hydrogen-bond donors (Lipinski definition) is 3. The number of carboxylic acid groups (broad SMARTS) is 1. The number of amides is 2. The SMILES string of the molecule is C#CC(CC)NC(=O)Nc1cc(Br)cc(C(=O)O)c1. The zero-order chi connectivity index (χ0) is 14.4. The quantitative estimate of drug-likeness (QED) is 0.745. The van der Waals surface area contributed by atoms with Crippen LogP contribution in [-0.4, -0.2) is 23.1 Å². The molecule has 1 unspecified atom stereocenters. The summed E-state index contributed by atoms with van der Waals surface area (Å²) in [6, 6.07) is 3.58. The van der Waals surface area contributed by atoms with E-state index in [2.05, 4.69) is 32.5 Å². The maximum atomic E-state index is 11.7. The van der Waals surface area contributed by atoms with E-state index in [1.165, 1.54) is 12.1 Å². The van der Waals surface area contributed by atoms with Crippen molar-refractivity contribution in [2.45, 2.75) is 19.4 Å². The van der Waals surface area contributed by atoms with Gasteiger partial charge >= 0.3 is 12.0 Å². The molecule has 1 atom stereocenters. The Hall–Kier alpha value is -2.00. The van der Waals surface area contributed by atoms with Crippen molar-refractivity contribution in [2.75, 3.05) is 5.32 Å². The number of rotatable bonds is 4. The Morgan fingerprint density at radius 1 is 1.47 bits per heavy atom. The summed E-state index contributed by atoms with van der Waals surface area (Å²) in [5.74, 6) is 1.36. The molecule has 1 aromatic rings. The first-order valence-corrected chi connectivity index (χ1v) is 6.33. The highest BCUT2D eigenvalue weighted by Crippen LogP contribution is 2.19. The van der Waals surface area contributed by atoms with Gasteiger partial charge < -0.3 is 15.7 Å². The highest BCUT2D eigenvalue weighted by molar-refractivity contribution is 9.10. The Bertz CT molecular complexity index is 537. The van der Waals surface area contributed by atoms with Crippen LogP contribution in [0.5, 0.6) is 0 Å². The number of nitrogens with one attached hydrogen (secondary N) is 2. The molecule has 0 aliphatic heterocycles. The normalized spacial score (nSPS) is 11.2. The summed E-state index contributed by atoms with van der Waals surface area (Å²) in [6.45, 7) is 1.85. The Morgan fingerprint density at radius 3 is 2.68 bits per heavy atom. The maximum absolute atomic E-state index is 11.7. The van der Waals surface area contributed by atoms with Gasteiger partial charge in [0.05, 0.1) is 11.6 Å². The van der Waals surface area contributed by atoms with Crippen LogP contribution in [0.3, 0.4) is 0 Å². The monoisotopic (exact) mass is 324 g/mol. The molecule has 1 aromatic carbocycles. The summed E-state index contributed by atoms with van der Waals surface area (Å²) < 4.78 is 0.562.